The number of hydrogen-bond acceptors (Lipinski definition) is 6. The number of amides is 1. The van der Waals surface area contributed by atoms with Gasteiger partial charge in [0.05, 0.1) is 25.7 Å². The van der Waals surface area contributed by atoms with Crippen LogP contribution in [0.5, 0.6) is 11.5 Å². The van der Waals surface area contributed by atoms with Crippen LogP contribution >= 0.6 is 11.8 Å². The molecule has 0 saturated heterocycles. The average molecular weight is 477 g/mol. The van der Waals surface area contributed by atoms with E-state index in [-0.39, 0.29) is 23.1 Å². The fraction of sp³-hybridized carbons (Fsp3) is 0.115. The first-order valence-electron chi connectivity index (χ1n) is 10.3. The standard InChI is InChI=1S/C26H21FN2O4S/c1-32-21-12-6-17(7-13-21)14-23-25(31)29(20-4-3-5-22(15-20)33-2)26(28-23)34-16-24(30)18-8-10-19(27)11-9-18/h3-15H,16H2,1-2H3/b23-14+. The molecule has 8 heteroatoms. The zero-order valence-corrected chi connectivity index (χ0v) is 19.3. The summed E-state index contributed by atoms with van der Waals surface area (Å²) in [6.07, 6.45) is 1.68. The summed E-state index contributed by atoms with van der Waals surface area (Å²) in [6.45, 7) is 0. The van der Waals surface area contributed by atoms with Crippen molar-refractivity contribution in [2.75, 3.05) is 24.9 Å². The highest BCUT2D eigenvalue weighted by atomic mass is 32.2. The van der Waals surface area contributed by atoms with E-state index in [0.29, 0.717) is 27.9 Å². The molecule has 1 aliphatic rings. The van der Waals surface area contributed by atoms with E-state index in [4.69, 9.17) is 9.47 Å². The molecule has 0 radical (unpaired) electrons. The number of thioether (sulfide) groups is 1. The second kappa shape index (κ2) is 10.4. The monoisotopic (exact) mass is 476 g/mol. The van der Waals surface area contributed by atoms with Crippen LogP contribution in [0.1, 0.15) is 15.9 Å². The molecule has 172 valence electrons. The van der Waals surface area contributed by atoms with Crippen molar-refractivity contribution >= 4 is 40.4 Å². The van der Waals surface area contributed by atoms with E-state index in [1.165, 1.54) is 29.2 Å². The predicted molar refractivity (Wildman–Crippen MR) is 132 cm³/mol. The van der Waals surface area contributed by atoms with Crippen LogP contribution in [0, 0.1) is 5.82 Å². The summed E-state index contributed by atoms with van der Waals surface area (Å²) < 4.78 is 23.7. The Morgan fingerprint density at radius 2 is 1.71 bits per heavy atom. The number of Topliss-reactive ketones (excluding diaryl/α,β-unsaturated/α-hetero) is 1. The molecule has 0 N–H and O–H groups in total. The predicted octanol–water partition coefficient (Wildman–Crippen LogP) is 5.20. The zero-order chi connectivity index (χ0) is 24.1. The van der Waals surface area contributed by atoms with Crippen molar-refractivity contribution in [3.63, 3.8) is 0 Å². The fourth-order valence-electron chi connectivity index (χ4n) is 3.28. The van der Waals surface area contributed by atoms with E-state index in [2.05, 4.69) is 4.99 Å². The summed E-state index contributed by atoms with van der Waals surface area (Å²) in [7, 11) is 3.13. The normalized spacial score (nSPS) is 14.3. The number of hydrogen-bond donors (Lipinski definition) is 0. The van der Waals surface area contributed by atoms with Crippen molar-refractivity contribution in [2.24, 2.45) is 4.99 Å². The number of nitrogens with zero attached hydrogens (tertiary/aromatic N) is 2. The van der Waals surface area contributed by atoms with Gasteiger partial charge in [-0.1, -0.05) is 30.0 Å². The number of rotatable bonds is 7. The van der Waals surface area contributed by atoms with Crippen LogP contribution in [-0.4, -0.2) is 36.8 Å². The molecule has 3 aromatic rings. The van der Waals surface area contributed by atoms with Gasteiger partial charge in [-0.2, -0.15) is 0 Å². The molecule has 1 amide bonds. The maximum absolute atomic E-state index is 13.3. The van der Waals surface area contributed by atoms with E-state index in [1.807, 2.05) is 12.1 Å². The molecule has 0 saturated carbocycles. The molecular formula is C26H21FN2O4S. The molecule has 4 rings (SSSR count). The van der Waals surface area contributed by atoms with Crippen LogP contribution in [0.4, 0.5) is 10.1 Å². The van der Waals surface area contributed by atoms with Gasteiger partial charge in [0.15, 0.2) is 11.0 Å². The lowest BCUT2D eigenvalue weighted by Gasteiger charge is -2.18. The fourth-order valence-corrected chi connectivity index (χ4v) is 4.18. The number of carbonyl (C=O) groups is 2. The zero-order valence-electron chi connectivity index (χ0n) is 18.5. The Kier molecular flexibility index (Phi) is 7.08. The molecule has 0 atom stereocenters. The number of aliphatic imine (C=N–C) groups is 1. The minimum absolute atomic E-state index is 0.0357. The Hall–Kier alpha value is -3.91. The molecule has 3 aromatic carbocycles. The van der Waals surface area contributed by atoms with Crippen LogP contribution < -0.4 is 14.4 Å². The highest BCUT2D eigenvalue weighted by Crippen LogP contribution is 2.31. The lowest BCUT2D eigenvalue weighted by atomic mass is 10.1. The summed E-state index contributed by atoms with van der Waals surface area (Å²) >= 11 is 1.14. The lowest BCUT2D eigenvalue weighted by molar-refractivity contribution is -0.113. The maximum Gasteiger partial charge on any atom is 0.283 e. The summed E-state index contributed by atoms with van der Waals surface area (Å²) in [5, 5.41) is 0.369. The molecule has 1 aliphatic heterocycles. The molecule has 1 heterocycles. The lowest BCUT2D eigenvalue weighted by Crippen LogP contribution is -2.30. The Labute approximate surface area is 200 Å². The number of ether oxygens (including phenoxy) is 2. The number of halogens is 1. The third-order valence-corrected chi connectivity index (χ3v) is 6.00. The minimum Gasteiger partial charge on any atom is -0.497 e. The minimum atomic E-state index is -0.410. The summed E-state index contributed by atoms with van der Waals surface area (Å²) in [4.78, 5) is 31.9. The number of amidine groups is 1. The molecule has 0 unspecified atom stereocenters. The van der Waals surface area contributed by atoms with Crippen LogP contribution in [-0.2, 0) is 4.79 Å². The molecule has 6 nitrogen and oxygen atoms in total. The van der Waals surface area contributed by atoms with Gasteiger partial charge in [-0.15, -0.1) is 0 Å². The van der Waals surface area contributed by atoms with E-state index < -0.39 is 5.82 Å². The molecular weight excluding hydrogens is 455 g/mol. The van der Waals surface area contributed by atoms with E-state index in [1.54, 1.807) is 56.7 Å². The third-order valence-electron chi connectivity index (χ3n) is 5.06. The molecule has 0 fully saturated rings. The van der Waals surface area contributed by atoms with Gasteiger partial charge in [-0.05, 0) is 60.2 Å². The molecule has 0 aromatic heterocycles. The van der Waals surface area contributed by atoms with Gasteiger partial charge in [-0.25, -0.2) is 9.38 Å². The van der Waals surface area contributed by atoms with E-state index >= 15 is 0 Å². The van der Waals surface area contributed by atoms with Gasteiger partial charge < -0.3 is 9.47 Å². The summed E-state index contributed by atoms with van der Waals surface area (Å²) in [5.74, 6) is 0.404. The number of anilines is 1. The van der Waals surface area contributed by atoms with Crippen molar-refractivity contribution in [2.45, 2.75) is 0 Å². The van der Waals surface area contributed by atoms with Crippen molar-refractivity contribution in [3.8, 4) is 11.5 Å². The van der Waals surface area contributed by atoms with Crippen molar-refractivity contribution in [1.82, 2.24) is 0 Å². The molecule has 34 heavy (non-hydrogen) atoms. The second-order valence-electron chi connectivity index (χ2n) is 7.26. The van der Waals surface area contributed by atoms with Gasteiger partial charge in [-0.3, -0.25) is 14.5 Å². The molecule has 0 spiro atoms. The Morgan fingerprint density at radius 1 is 1.00 bits per heavy atom. The Morgan fingerprint density at radius 3 is 2.38 bits per heavy atom. The van der Waals surface area contributed by atoms with Gasteiger partial charge in [0.2, 0.25) is 0 Å². The van der Waals surface area contributed by atoms with Crippen molar-refractivity contribution in [3.05, 3.63) is 95.4 Å². The highest BCUT2D eigenvalue weighted by molar-refractivity contribution is 8.14. The van der Waals surface area contributed by atoms with Gasteiger partial charge in [0.25, 0.3) is 5.91 Å². The summed E-state index contributed by atoms with van der Waals surface area (Å²) in [5.41, 5.74) is 1.99. The summed E-state index contributed by atoms with van der Waals surface area (Å²) in [6, 6.07) is 19.7. The number of carbonyl (C=O) groups excluding carboxylic acids is 2. The number of benzene rings is 3. The van der Waals surface area contributed by atoms with Crippen LogP contribution in [0.3, 0.4) is 0 Å². The van der Waals surface area contributed by atoms with Gasteiger partial charge in [0.1, 0.15) is 23.0 Å². The average Bonchev–Trinajstić information content (AvgIpc) is 3.18. The van der Waals surface area contributed by atoms with Crippen LogP contribution in [0.15, 0.2) is 83.5 Å². The first-order chi connectivity index (χ1) is 16.5. The molecule has 0 bridgehead atoms. The Bertz CT molecular complexity index is 1270. The van der Waals surface area contributed by atoms with Crippen LogP contribution in [0.25, 0.3) is 6.08 Å². The smallest absolute Gasteiger partial charge is 0.283 e. The Balaban J connectivity index is 1.63. The van der Waals surface area contributed by atoms with E-state index in [9.17, 15) is 14.0 Å². The quantitative estimate of drug-likeness (QED) is 0.346. The van der Waals surface area contributed by atoms with Gasteiger partial charge >= 0.3 is 0 Å². The second-order valence-corrected chi connectivity index (χ2v) is 8.20. The van der Waals surface area contributed by atoms with Gasteiger partial charge in [0, 0.05) is 11.6 Å². The topological polar surface area (TPSA) is 68.2 Å². The van der Waals surface area contributed by atoms with Crippen molar-refractivity contribution < 1.29 is 23.5 Å². The van der Waals surface area contributed by atoms with E-state index in [0.717, 1.165) is 17.3 Å². The maximum atomic E-state index is 13.3. The van der Waals surface area contributed by atoms with Crippen molar-refractivity contribution in [1.29, 1.82) is 0 Å². The number of ketones is 1. The highest BCUT2D eigenvalue weighted by Gasteiger charge is 2.32. The third kappa shape index (κ3) is 5.18. The first kappa shape index (κ1) is 23.3. The first-order valence-corrected chi connectivity index (χ1v) is 11.3. The molecule has 0 aliphatic carbocycles. The SMILES string of the molecule is COc1ccc(/C=C2/N=C(SCC(=O)c3ccc(F)cc3)N(c3cccc(OC)c3)C2=O)cc1. The van der Waals surface area contributed by atoms with Crippen LogP contribution in [0.2, 0.25) is 0 Å². The number of methoxy groups -OCH3 is 2. The largest absolute Gasteiger partial charge is 0.497 e.